The maximum atomic E-state index is 13.1. The molecular formula is C22H21ClN4O2. The van der Waals surface area contributed by atoms with Gasteiger partial charge in [0.2, 0.25) is 0 Å². The fraction of sp³-hybridized carbons (Fsp3) is 0.318. The van der Waals surface area contributed by atoms with Crippen molar-refractivity contribution in [3.8, 4) is 6.07 Å². The van der Waals surface area contributed by atoms with Crippen molar-refractivity contribution >= 4 is 34.3 Å². The summed E-state index contributed by atoms with van der Waals surface area (Å²) in [5, 5.41) is 9.69. The van der Waals surface area contributed by atoms with Gasteiger partial charge in [0.25, 0.3) is 5.91 Å². The van der Waals surface area contributed by atoms with Gasteiger partial charge in [0.15, 0.2) is 5.58 Å². The Kier molecular flexibility index (Phi) is 5.16. The normalized spacial score (nSPS) is 14.4. The number of nitriles is 1. The lowest BCUT2D eigenvalue weighted by molar-refractivity contribution is 0.0747. The number of anilines is 1. The number of aromatic nitrogens is 1. The molecule has 0 aliphatic carbocycles. The van der Waals surface area contributed by atoms with Crippen LogP contribution >= 0.6 is 11.6 Å². The highest BCUT2D eigenvalue weighted by molar-refractivity contribution is 6.31. The van der Waals surface area contributed by atoms with Crippen LogP contribution in [0.1, 0.15) is 41.4 Å². The monoisotopic (exact) mass is 408 g/mol. The number of amides is 1. The molecule has 6 nitrogen and oxygen atoms in total. The Morgan fingerprint density at radius 2 is 1.97 bits per heavy atom. The van der Waals surface area contributed by atoms with Crippen LogP contribution in [0.2, 0.25) is 5.02 Å². The van der Waals surface area contributed by atoms with Gasteiger partial charge < -0.3 is 14.2 Å². The number of pyridine rings is 1. The third kappa shape index (κ3) is 3.79. The Labute approximate surface area is 174 Å². The third-order valence-corrected chi connectivity index (χ3v) is 5.39. The summed E-state index contributed by atoms with van der Waals surface area (Å²) < 4.78 is 5.94. The minimum absolute atomic E-state index is 0.0504. The molecule has 1 aromatic carbocycles. The van der Waals surface area contributed by atoms with Crippen molar-refractivity contribution in [2.24, 2.45) is 0 Å². The fourth-order valence-corrected chi connectivity index (χ4v) is 3.80. The minimum atomic E-state index is -0.0504. The second kappa shape index (κ2) is 7.76. The van der Waals surface area contributed by atoms with Crippen molar-refractivity contribution in [2.75, 3.05) is 31.1 Å². The van der Waals surface area contributed by atoms with E-state index in [2.05, 4.69) is 16.0 Å². The Morgan fingerprint density at radius 3 is 2.66 bits per heavy atom. The number of benzene rings is 1. The van der Waals surface area contributed by atoms with E-state index < -0.39 is 0 Å². The summed E-state index contributed by atoms with van der Waals surface area (Å²) in [5.74, 6) is 1.00. The quantitative estimate of drug-likeness (QED) is 0.640. The van der Waals surface area contributed by atoms with Crippen molar-refractivity contribution in [3.05, 3.63) is 58.4 Å². The summed E-state index contributed by atoms with van der Waals surface area (Å²) in [6.07, 6.45) is 1.65. The molecule has 2 aromatic heterocycles. The highest BCUT2D eigenvalue weighted by atomic mass is 35.5. The van der Waals surface area contributed by atoms with Gasteiger partial charge in [-0.1, -0.05) is 25.4 Å². The van der Waals surface area contributed by atoms with Gasteiger partial charge in [0.1, 0.15) is 11.3 Å². The van der Waals surface area contributed by atoms with Gasteiger partial charge in [-0.2, -0.15) is 5.26 Å². The van der Waals surface area contributed by atoms with Gasteiger partial charge in [-0.05, 0) is 24.3 Å². The minimum Gasteiger partial charge on any atom is -0.458 e. The van der Waals surface area contributed by atoms with Crippen LogP contribution in [-0.4, -0.2) is 42.0 Å². The lowest BCUT2D eigenvalue weighted by atomic mass is 10.1. The van der Waals surface area contributed by atoms with Crippen LogP contribution in [0.5, 0.6) is 0 Å². The molecule has 1 aliphatic heterocycles. The van der Waals surface area contributed by atoms with Gasteiger partial charge in [-0.15, -0.1) is 0 Å². The standard InChI is InChI=1S/C22H21ClN4O2/c1-14(2)20-12-19-21(29-20)18(3-4-25-19)22(28)27-7-5-26(6-8-27)17-10-15(13-24)9-16(23)11-17/h3-4,9-12,14H,5-8H2,1-2H3. The Hall–Kier alpha value is -3.04. The fourth-order valence-electron chi connectivity index (χ4n) is 3.57. The lowest BCUT2D eigenvalue weighted by Crippen LogP contribution is -2.48. The number of carbonyl (C=O) groups is 1. The number of piperazine rings is 1. The van der Waals surface area contributed by atoms with Crippen molar-refractivity contribution in [1.29, 1.82) is 5.26 Å². The van der Waals surface area contributed by atoms with Gasteiger partial charge in [-0.3, -0.25) is 9.78 Å². The number of carbonyl (C=O) groups excluding carboxylic acids is 1. The maximum Gasteiger partial charge on any atom is 0.257 e. The summed E-state index contributed by atoms with van der Waals surface area (Å²) in [4.78, 5) is 21.5. The third-order valence-electron chi connectivity index (χ3n) is 5.17. The van der Waals surface area contributed by atoms with E-state index in [0.29, 0.717) is 53.4 Å². The lowest BCUT2D eigenvalue weighted by Gasteiger charge is -2.36. The topological polar surface area (TPSA) is 73.4 Å². The number of nitrogens with zero attached hydrogens (tertiary/aromatic N) is 4. The summed E-state index contributed by atoms with van der Waals surface area (Å²) in [6.45, 7) is 6.59. The summed E-state index contributed by atoms with van der Waals surface area (Å²) in [5.41, 5.74) is 3.24. The van der Waals surface area contributed by atoms with E-state index in [0.717, 1.165) is 11.4 Å². The molecule has 3 heterocycles. The number of fused-ring (bicyclic) bond motifs is 1. The SMILES string of the molecule is CC(C)c1cc2nccc(C(=O)N3CCN(c4cc(Cl)cc(C#N)c4)CC3)c2o1. The van der Waals surface area contributed by atoms with Gasteiger partial charge in [-0.25, -0.2) is 0 Å². The van der Waals surface area contributed by atoms with Crippen LogP contribution in [0, 0.1) is 11.3 Å². The first-order chi connectivity index (χ1) is 14.0. The maximum absolute atomic E-state index is 13.1. The molecule has 0 saturated carbocycles. The Bertz CT molecular complexity index is 1110. The van der Waals surface area contributed by atoms with Crippen LogP contribution in [-0.2, 0) is 0 Å². The van der Waals surface area contributed by atoms with E-state index >= 15 is 0 Å². The zero-order valence-electron chi connectivity index (χ0n) is 16.4. The molecule has 1 amide bonds. The molecule has 0 radical (unpaired) electrons. The summed E-state index contributed by atoms with van der Waals surface area (Å²) in [6, 6.07) is 11.1. The van der Waals surface area contributed by atoms with E-state index in [-0.39, 0.29) is 11.8 Å². The van der Waals surface area contributed by atoms with Crippen LogP contribution in [0.25, 0.3) is 11.1 Å². The smallest absolute Gasteiger partial charge is 0.257 e. The first kappa shape index (κ1) is 19.3. The molecule has 7 heteroatoms. The van der Waals surface area contributed by atoms with Crippen molar-refractivity contribution in [1.82, 2.24) is 9.88 Å². The largest absolute Gasteiger partial charge is 0.458 e. The molecule has 4 rings (SSSR count). The van der Waals surface area contributed by atoms with Crippen LogP contribution in [0.3, 0.4) is 0 Å². The second-order valence-electron chi connectivity index (χ2n) is 7.47. The van der Waals surface area contributed by atoms with E-state index in [9.17, 15) is 4.79 Å². The number of hydrogen-bond acceptors (Lipinski definition) is 5. The molecule has 0 unspecified atom stereocenters. The molecule has 1 aliphatic rings. The predicted octanol–water partition coefficient (Wildman–Crippen LogP) is 4.44. The average molecular weight is 409 g/mol. The van der Waals surface area contributed by atoms with E-state index in [1.807, 2.05) is 36.9 Å². The Balaban J connectivity index is 1.52. The van der Waals surface area contributed by atoms with Crippen molar-refractivity contribution in [3.63, 3.8) is 0 Å². The molecular weight excluding hydrogens is 388 g/mol. The molecule has 148 valence electrons. The molecule has 0 N–H and O–H groups in total. The van der Waals surface area contributed by atoms with E-state index in [4.69, 9.17) is 21.3 Å². The summed E-state index contributed by atoms with van der Waals surface area (Å²) >= 11 is 6.13. The van der Waals surface area contributed by atoms with Crippen LogP contribution in [0.15, 0.2) is 40.9 Å². The number of rotatable bonds is 3. The van der Waals surface area contributed by atoms with Crippen molar-refractivity contribution in [2.45, 2.75) is 19.8 Å². The first-order valence-electron chi connectivity index (χ1n) is 9.59. The van der Waals surface area contributed by atoms with E-state index in [1.165, 1.54) is 0 Å². The zero-order valence-corrected chi connectivity index (χ0v) is 17.1. The van der Waals surface area contributed by atoms with Gasteiger partial charge in [0.05, 0.1) is 17.2 Å². The van der Waals surface area contributed by atoms with Gasteiger partial charge >= 0.3 is 0 Å². The van der Waals surface area contributed by atoms with E-state index in [1.54, 1.807) is 18.3 Å². The zero-order chi connectivity index (χ0) is 20.5. The highest BCUT2D eigenvalue weighted by Gasteiger charge is 2.25. The number of hydrogen-bond donors (Lipinski definition) is 0. The van der Waals surface area contributed by atoms with Gasteiger partial charge in [0, 0.05) is 55.1 Å². The highest BCUT2D eigenvalue weighted by Crippen LogP contribution is 2.28. The number of furan rings is 1. The summed E-state index contributed by atoms with van der Waals surface area (Å²) in [7, 11) is 0. The molecule has 0 atom stereocenters. The molecule has 1 saturated heterocycles. The Morgan fingerprint density at radius 1 is 1.21 bits per heavy atom. The molecule has 29 heavy (non-hydrogen) atoms. The first-order valence-corrected chi connectivity index (χ1v) is 9.97. The molecule has 3 aromatic rings. The van der Waals surface area contributed by atoms with Crippen molar-refractivity contribution < 1.29 is 9.21 Å². The van der Waals surface area contributed by atoms with Crippen LogP contribution in [0.4, 0.5) is 5.69 Å². The average Bonchev–Trinajstić information content (AvgIpc) is 3.18. The molecule has 1 fully saturated rings. The predicted molar refractivity (Wildman–Crippen MR) is 112 cm³/mol. The molecule has 0 spiro atoms. The number of halogens is 1. The second-order valence-corrected chi connectivity index (χ2v) is 7.90. The van der Waals surface area contributed by atoms with Crippen LogP contribution < -0.4 is 4.90 Å². The molecule has 0 bridgehead atoms.